The maximum absolute atomic E-state index is 8.98. The van der Waals surface area contributed by atoms with Gasteiger partial charge in [0.2, 0.25) is 0 Å². The fraction of sp³-hybridized carbons (Fsp3) is 0.500. The summed E-state index contributed by atoms with van der Waals surface area (Å²) in [6, 6.07) is 8.15. The van der Waals surface area contributed by atoms with Gasteiger partial charge in [-0.2, -0.15) is 0 Å². The molecule has 0 saturated carbocycles. The molecule has 0 fully saturated rings. The first-order chi connectivity index (χ1) is 7.71. The van der Waals surface area contributed by atoms with Crippen LogP contribution in [0.25, 0.3) is 0 Å². The van der Waals surface area contributed by atoms with E-state index in [1.165, 1.54) is 4.90 Å². The molecule has 3 N–H and O–H groups in total. The van der Waals surface area contributed by atoms with Gasteiger partial charge in [0.05, 0.1) is 19.3 Å². The maximum atomic E-state index is 8.98. The van der Waals surface area contributed by atoms with Crippen LogP contribution in [0.1, 0.15) is 18.5 Å². The highest BCUT2D eigenvalue weighted by atomic mass is 32.2. The van der Waals surface area contributed by atoms with Gasteiger partial charge in [-0.3, -0.25) is 0 Å². The van der Waals surface area contributed by atoms with E-state index in [-0.39, 0.29) is 25.3 Å². The summed E-state index contributed by atoms with van der Waals surface area (Å²) in [6.07, 6.45) is 2.05. The summed E-state index contributed by atoms with van der Waals surface area (Å²) < 4.78 is 0. The Kier molecular flexibility index (Phi) is 5.84. The van der Waals surface area contributed by atoms with Crippen LogP contribution in [-0.2, 0) is 0 Å². The lowest BCUT2D eigenvalue weighted by Crippen LogP contribution is -2.37. The lowest BCUT2D eigenvalue weighted by molar-refractivity contribution is 0.163. The van der Waals surface area contributed by atoms with Crippen molar-refractivity contribution >= 4 is 11.8 Å². The zero-order valence-electron chi connectivity index (χ0n) is 9.68. The quantitative estimate of drug-likeness (QED) is 0.659. The Balaban J connectivity index is 2.61. The Bertz CT molecular complexity index is 298. The molecule has 0 aliphatic heterocycles. The molecular weight excluding hydrogens is 222 g/mol. The first-order valence-electron chi connectivity index (χ1n) is 5.33. The summed E-state index contributed by atoms with van der Waals surface area (Å²) in [5.41, 5.74) is 1.16. The highest BCUT2D eigenvalue weighted by Crippen LogP contribution is 2.19. The fourth-order valence-electron chi connectivity index (χ4n) is 1.51. The monoisotopic (exact) mass is 241 g/mol. The van der Waals surface area contributed by atoms with Gasteiger partial charge >= 0.3 is 0 Å². The van der Waals surface area contributed by atoms with E-state index in [9.17, 15) is 0 Å². The molecule has 0 saturated heterocycles. The van der Waals surface area contributed by atoms with Gasteiger partial charge in [-0.15, -0.1) is 11.8 Å². The van der Waals surface area contributed by atoms with Crippen LogP contribution >= 0.6 is 11.8 Å². The number of hydrogen-bond acceptors (Lipinski definition) is 4. The summed E-state index contributed by atoms with van der Waals surface area (Å²) in [5, 5.41) is 21.1. The van der Waals surface area contributed by atoms with Crippen LogP contribution in [0.15, 0.2) is 29.2 Å². The average molecular weight is 241 g/mol. The number of benzene rings is 1. The highest BCUT2D eigenvalue weighted by molar-refractivity contribution is 7.98. The van der Waals surface area contributed by atoms with E-state index >= 15 is 0 Å². The molecule has 1 aromatic carbocycles. The Morgan fingerprint density at radius 3 is 2.19 bits per heavy atom. The van der Waals surface area contributed by atoms with Crippen LogP contribution in [-0.4, -0.2) is 35.7 Å². The predicted octanol–water partition coefficient (Wildman–Crippen LogP) is 1.41. The second kappa shape index (κ2) is 6.91. The van der Waals surface area contributed by atoms with Crippen molar-refractivity contribution in [3.8, 4) is 0 Å². The van der Waals surface area contributed by atoms with E-state index in [0.717, 1.165) is 5.56 Å². The summed E-state index contributed by atoms with van der Waals surface area (Å²) in [4.78, 5) is 1.23. The zero-order valence-corrected chi connectivity index (χ0v) is 10.5. The SMILES string of the molecule is CSc1ccc(C(C)NC(CO)CO)cc1. The molecular formula is C12H19NO2S. The van der Waals surface area contributed by atoms with Crippen molar-refractivity contribution in [2.45, 2.75) is 23.9 Å². The smallest absolute Gasteiger partial charge is 0.0607 e. The molecule has 1 rings (SSSR count). The largest absolute Gasteiger partial charge is 0.395 e. The number of thioether (sulfide) groups is 1. The molecule has 1 unspecified atom stereocenters. The predicted molar refractivity (Wildman–Crippen MR) is 67.7 cm³/mol. The molecule has 0 aliphatic rings. The normalized spacial score (nSPS) is 13.1. The highest BCUT2D eigenvalue weighted by Gasteiger charge is 2.11. The van der Waals surface area contributed by atoms with E-state index in [1.807, 2.05) is 13.2 Å². The Morgan fingerprint density at radius 2 is 1.75 bits per heavy atom. The molecule has 0 aromatic heterocycles. The molecule has 90 valence electrons. The van der Waals surface area contributed by atoms with Crippen LogP contribution < -0.4 is 5.32 Å². The third kappa shape index (κ3) is 3.79. The van der Waals surface area contributed by atoms with Crippen molar-refractivity contribution in [3.63, 3.8) is 0 Å². The molecule has 0 spiro atoms. The van der Waals surface area contributed by atoms with Crippen molar-refractivity contribution in [2.75, 3.05) is 19.5 Å². The molecule has 0 heterocycles. The van der Waals surface area contributed by atoms with Gasteiger partial charge in [-0.1, -0.05) is 12.1 Å². The van der Waals surface area contributed by atoms with Crippen molar-refractivity contribution < 1.29 is 10.2 Å². The van der Waals surface area contributed by atoms with Crippen molar-refractivity contribution in [1.82, 2.24) is 5.32 Å². The summed E-state index contributed by atoms with van der Waals surface area (Å²) >= 11 is 1.71. The maximum Gasteiger partial charge on any atom is 0.0607 e. The van der Waals surface area contributed by atoms with Gasteiger partial charge in [0.15, 0.2) is 0 Å². The number of nitrogens with one attached hydrogen (secondary N) is 1. The second-order valence-electron chi connectivity index (χ2n) is 3.72. The third-order valence-electron chi connectivity index (χ3n) is 2.54. The van der Waals surface area contributed by atoms with Crippen LogP contribution in [0.2, 0.25) is 0 Å². The fourth-order valence-corrected chi connectivity index (χ4v) is 1.91. The van der Waals surface area contributed by atoms with E-state index in [1.54, 1.807) is 11.8 Å². The van der Waals surface area contributed by atoms with Crippen LogP contribution in [0.4, 0.5) is 0 Å². The summed E-state index contributed by atoms with van der Waals surface area (Å²) in [7, 11) is 0. The molecule has 1 atom stereocenters. The van der Waals surface area contributed by atoms with Crippen LogP contribution in [0.3, 0.4) is 0 Å². The van der Waals surface area contributed by atoms with Gasteiger partial charge in [-0.05, 0) is 30.9 Å². The van der Waals surface area contributed by atoms with Gasteiger partial charge in [0, 0.05) is 10.9 Å². The lowest BCUT2D eigenvalue weighted by Gasteiger charge is -2.20. The molecule has 4 heteroatoms. The van der Waals surface area contributed by atoms with Crippen LogP contribution in [0, 0.1) is 0 Å². The minimum atomic E-state index is -0.254. The first-order valence-corrected chi connectivity index (χ1v) is 6.55. The topological polar surface area (TPSA) is 52.5 Å². The molecule has 3 nitrogen and oxygen atoms in total. The van der Waals surface area contributed by atoms with E-state index in [4.69, 9.17) is 10.2 Å². The third-order valence-corrected chi connectivity index (χ3v) is 3.29. The Hall–Kier alpha value is -0.550. The van der Waals surface area contributed by atoms with Crippen LogP contribution in [0.5, 0.6) is 0 Å². The first kappa shape index (κ1) is 13.5. The Labute approximate surface area is 101 Å². The Morgan fingerprint density at radius 1 is 1.19 bits per heavy atom. The summed E-state index contributed by atoms with van der Waals surface area (Å²) in [6.45, 7) is 1.92. The number of aliphatic hydroxyl groups excluding tert-OH is 2. The van der Waals surface area contributed by atoms with E-state index in [2.05, 4.69) is 29.6 Å². The zero-order chi connectivity index (χ0) is 12.0. The molecule has 0 amide bonds. The average Bonchev–Trinajstić information content (AvgIpc) is 2.35. The standard InChI is InChI=1S/C12H19NO2S/c1-9(13-11(7-14)8-15)10-3-5-12(16-2)6-4-10/h3-6,9,11,13-15H,7-8H2,1-2H3. The van der Waals surface area contributed by atoms with Gasteiger partial charge in [0.1, 0.15) is 0 Å². The molecule has 0 bridgehead atoms. The van der Waals surface area contributed by atoms with Crippen molar-refractivity contribution in [2.24, 2.45) is 0 Å². The van der Waals surface area contributed by atoms with Gasteiger partial charge in [0.25, 0.3) is 0 Å². The molecule has 16 heavy (non-hydrogen) atoms. The second-order valence-corrected chi connectivity index (χ2v) is 4.60. The molecule has 1 aromatic rings. The minimum absolute atomic E-state index is 0.0518. The molecule has 0 aliphatic carbocycles. The molecule has 0 radical (unpaired) electrons. The van der Waals surface area contributed by atoms with Crippen molar-refractivity contribution in [3.05, 3.63) is 29.8 Å². The number of rotatable bonds is 6. The lowest BCUT2D eigenvalue weighted by atomic mass is 10.1. The summed E-state index contributed by atoms with van der Waals surface area (Å²) in [5.74, 6) is 0. The number of hydrogen-bond donors (Lipinski definition) is 3. The van der Waals surface area contributed by atoms with E-state index < -0.39 is 0 Å². The van der Waals surface area contributed by atoms with Gasteiger partial charge < -0.3 is 15.5 Å². The minimum Gasteiger partial charge on any atom is -0.395 e. The number of aliphatic hydroxyl groups is 2. The van der Waals surface area contributed by atoms with Gasteiger partial charge in [-0.25, -0.2) is 0 Å². The van der Waals surface area contributed by atoms with Crippen molar-refractivity contribution in [1.29, 1.82) is 0 Å². The van der Waals surface area contributed by atoms with E-state index in [0.29, 0.717) is 0 Å².